The lowest BCUT2D eigenvalue weighted by molar-refractivity contribution is 0.103. The summed E-state index contributed by atoms with van der Waals surface area (Å²) in [5, 5.41) is 0.947. The molecule has 1 aromatic heterocycles. The van der Waals surface area contributed by atoms with Gasteiger partial charge in [-0.3, -0.25) is 9.59 Å². The Morgan fingerprint density at radius 2 is 1.72 bits per heavy atom. The molecule has 0 fully saturated rings. The number of carbonyl (C=O) groups excluding carboxylic acids is 1. The third-order valence-corrected chi connectivity index (χ3v) is 5.78. The second-order valence-corrected chi connectivity index (χ2v) is 8.27. The summed E-state index contributed by atoms with van der Waals surface area (Å²) in [6.45, 7) is 3.40. The number of benzene rings is 3. The highest BCUT2D eigenvalue weighted by Gasteiger charge is 2.21. The van der Waals surface area contributed by atoms with Crippen LogP contribution in [0.1, 0.15) is 27.0 Å². The van der Waals surface area contributed by atoms with Crippen LogP contribution >= 0.6 is 11.6 Å². The molecule has 1 aliphatic rings. The molecule has 3 aromatic carbocycles. The predicted molar refractivity (Wildman–Crippen MR) is 124 cm³/mol. The van der Waals surface area contributed by atoms with Gasteiger partial charge < -0.3 is 14.0 Å². The number of rotatable bonds is 4. The zero-order valence-electron chi connectivity index (χ0n) is 17.4. The maximum absolute atomic E-state index is 13.4. The molecule has 32 heavy (non-hydrogen) atoms. The van der Waals surface area contributed by atoms with Crippen molar-refractivity contribution in [1.82, 2.24) is 4.57 Å². The summed E-state index contributed by atoms with van der Waals surface area (Å²) in [6.07, 6.45) is 1.64. The number of pyridine rings is 1. The Labute approximate surface area is 189 Å². The number of ether oxygens (including phenoxy) is 2. The van der Waals surface area contributed by atoms with E-state index in [0.29, 0.717) is 52.7 Å². The van der Waals surface area contributed by atoms with Crippen LogP contribution in [0.2, 0.25) is 5.02 Å². The number of hydrogen-bond donors (Lipinski definition) is 0. The molecule has 5 rings (SSSR count). The topological polar surface area (TPSA) is 57.5 Å². The molecule has 2 heterocycles. The first-order valence-corrected chi connectivity index (χ1v) is 10.7. The van der Waals surface area contributed by atoms with Gasteiger partial charge in [0, 0.05) is 29.4 Å². The molecule has 0 amide bonds. The summed E-state index contributed by atoms with van der Waals surface area (Å²) < 4.78 is 13.3. The Morgan fingerprint density at radius 3 is 2.44 bits per heavy atom. The van der Waals surface area contributed by atoms with Crippen molar-refractivity contribution in [3.63, 3.8) is 0 Å². The summed E-state index contributed by atoms with van der Waals surface area (Å²) in [6, 6.07) is 18.2. The molecule has 0 radical (unpaired) electrons. The summed E-state index contributed by atoms with van der Waals surface area (Å²) in [4.78, 5) is 26.7. The summed E-state index contributed by atoms with van der Waals surface area (Å²) in [7, 11) is 0. The minimum absolute atomic E-state index is 0.101. The molecule has 0 saturated carbocycles. The first-order valence-electron chi connectivity index (χ1n) is 10.3. The maximum atomic E-state index is 13.4. The van der Waals surface area contributed by atoms with Crippen LogP contribution < -0.4 is 14.9 Å². The van der Waals surface area contributed by atoms with Crippen LogP contribution in [0.25, 0.3) is 10.9 Å². The number of ketones is 1. The summed E-state index contributed by atoms with van der Waals surface area (Å²) >= 11 is 5.96. The van der Waals surface area contributed by atoms with E-state index in [4.69, 9.17) is 21.1 Å². The lowest BCUT2D eigenvalue weighted by atomic mass is 10.0. The zero-order valence-corrected chi connectivity index (χ0v) is 18.2. The highest BCUT2D eigenvalue weighted by Crippen LogP contribution is 2.34. The van der Waals surface area contributed by atoms with Crippen molar-refractivity contribution in [1.29, 1.82) is 0 Å². The standard InChI is InChI=1S/C26H20ClNO4/c1-16-3-2-4-17(11-16)14-28-15-21(25(29)18-5-7-19(27)8-6-18)26(30)20-12-23-24(13-22(20)28)32-10-9-31-23/h2-8,11-13,15H,9-10,14H2,1H3. The highest BCUT2D eigenvalue weighted by molar-refractivity contribution is 6.30. The van der Waals surface area contributed by atoms with Crippen molar-refractivity contribution < 1.29 is 14.3 Å². The quantitative estimate of drug-likeness (QED) is 0.414. The molecular formula is C26H20ClNO4. The maximum Gasteiger partial charge on any atom is 0.200 e. The van der Waals surface area contributed by atoms with E-state index in [1.807, 2.05) is 35.8 Å². The van der Waals surface area contributed by atoms with E-state index in [2.05, 4.69) is 6.07 Å². The minimum atomic E-state index is -0.346. The lowest BCUT2D eigenvalue weighted by Gasteiger charge is -2.21. The Bertz CT molecular complexity index is 1410. The number of hydrogen-bond acceptors (Lipinski definition) is 4. The average molecular weight is 446 g/mol. The molecule has 6 heteroatoms. The first kappa shape index (κ1) is 20.3. The van der Waals surface area contributed by atoms with Crippen molar-refractivity contribution in [3.8, 4) is 11.5 Å². The minimum Gasteiger partial charge on any atom is -0.486 e. The van der Waals surface area contributed by atoms with Crippen LogP contribution in [0, 0.1) is 6.92 Å². The lowest BCUT2D eigenvalue weighted by Crippen LogP contribution is -2.21. The summed E-state index contributed by atoms with van der Waals surface area (Å²) in [5.74, 6) is 0.762. The smallest absolute Gasteiger partial charge is 0.200 e. The van der Waals surface area contributed by atoms with Gasteiger partial charge in [-0.1, -0.05) is 41.4 Å². The van der Waals surface area contributed by atoms with Gasteiger partial charge in [0.05, 0.1) is 16.5 Å². The molecular weight excluding hydrogens is 426 g/mol. The van der Waals surface area contributed by atoms with Crippen molar-refractivity contribution in [2.24, 2.45) is 0 Å². The van der Waals surface area contributed by atoms with Gasteiger partial charge >= 0.3 is 0 Å². The van der Waals surface area contributed by atoms with Gasteiger partial charge in [-0.15, -0.1) is 0 Å². The molecule has 160 valence electrons. The fourth-order valence-corrected chi connectivity index (χ4v) is 4.11. The van der Waals surface area contributed by atoms with Gasteiger partial charge in [0.2, 0.25) is 5.43 Å². The monoisotopic (exact) mass is 445 g/mol. The molecule has 0 aliphatic carbocycles. The number of fused-ring (bicyclic) bond motifs is 2. The third-order valence-electron chi connectivity index (χ3n) is 5.53. The molecule has 0 saturated heterocycles. The second kappa shape index (κ2) is 8.17. The normalized spacial score (nSPS) is 12.7. The van der Waals surface area contributed by atoms with Crippen LogP contribution in [0.4, 0.5) is 0 Å². The van der Waals surface area contributed by atoms with Crippen LogP contribution in [-0.4, -0.2) is 23.6 Å². The molecule has 4 aromatic rings. The molecule has 0 spiro atoms. The Morgan fingerprint density at radius 1 is 1.00 bits per heavy atom. The van der Waals surface area contributed by atoms with E-state index in [1.54, 1.807) is 36.5 Å². The molecule has 5 nitrogen and oxygen atoms in total. The molecule has 0 unspecified atom stereocenters. The van der Waals surface area contributed by atoms with Gasteiger partial charge in [-0.05, 0) is 42.8 Å². The average Bonchev–Trinajstić information content (AvgIpc) is 2.80. The van der Waals surface area contributed by atoms with E-state index in [1.165, 1.54) is 0 Å². The Balaban J connectivity index is 1.72. The fraction of sp³-hybridized carbons (Fsp3) is 0.154. The van der Waals surface area contributed by atoms with Gasteiger partial charge in [0.15, 0.2) is 17.3 Å². The third kappa shape index (κ3) is 3.76. The number of aryl methyl sites for hydroxylation is 1. The fourth-order valence-electron chi connectivity index (χ4n) is 3.98. The highest BCUT2D eigenvalue weighted by atomic mass is 35.5. The van der Waals surface area contributed by atoms with Crippen LogP contribution in [-0.2, 0) is 6.54 Å². The van der Waals surface area contributed by atoms with Gasteiger partial charge in [-0.25, -0.2) is 0 Å². The predicted octanol–water partition coefficient (Wildman–Crippen LogP) is 5.01. The Hall–Kier alpha value is -3.57. The van der Waals surface area contributed by atoms with Crippen molar-refractivity contribution in [3.05, 3.63) is 104 Å². The van der Waals surface area contributed by atoms with E-state index >= 15 is 0 Å². The molecule has 0 N–H and O–H groups in total. The molecule has 1 aliphatic heterocycles. The molecule has 0 bridgehead atoms. The van der Waals surface area contributed by atoms with Crippen molar-refractivity contribution in [2.75, 3.05) is 13.2 Å². The van der Waals surface area contributed by atoms with Gasteiger partial charge in [0.1, 0.15) is 13.2 Å². The number of nitrogens with zero attached hydrogens (tertiary/aromatic N) is 1. The second-order valence-electron chi connectivity index (χ2n) is 7.84. The Kier molecular flexibility index (Phi) is 5.19. The number of carbonyl (C=O) groups is 1. The van der Waals surface area contributed by atoms with E-state index in [0.717, 1.165) is 11.1 Å². The van der Waals surface area contributed by atoms with Crippen LogP contribution in [0.5, 0.6) is 11.5 Å². The molecule has 0 atom stereocenters. The zero-order chi connectivity index (χ0) is 22.2. The van der Waals surface area contributed by atoms with Crippen molar-refractivity contribution >= 4 is 28.3 Å². The number of aromatic nitrogens is 1. The van der Waals surface area contributed by atoms with Gasteiger partial charge in [0.25, 0.3) is 0 Å². The van der Waals surface area contributed by atoms with Gasteiger partial charge in [-0.2, -0.15) is 0 Å². The largest absolute Gasteiger partial charge is 0.486 e. The summed E-state index contributed by atoms with van der Waals surface area (Å²) in [5.41, 5.74) is 3.06. The van der Waals surface area contributed by atoms with Crippen molar-refractivity contribution in [2.45, 2.75) is 13.5 Å². The number of halogens is 1. The first-order chi connectivity index (χ1) is 15.5. The van der Waals surface area contributed by atoms with E-state index < -0.39 is 0 Å². The van der Waals surface area contributed by atoms with Crippen LogP contribution in [0.15, 0.2) is 71.7 Å². The van der Waals surface area contributed by atoms with Crippen LogP contribution in [0.3, 0.4) is 0 Å². The van der Waals surface area contributed by atoms with E-state index in [-0.39, 0.29) is 16.8 Å². The SMILES string of the molecule is Cc1cccc(Cn2cc(C(=O)c3ccc(Cl)cc3)c(=O)c3cc4c(cc32)OCCO4)c1. The van der Waals surface area contributed by atoms with E-state index in [9.17, 15) is 9.59 Å².